The lowest BCUT2D eigenvalue weighted by molar-refractivity contribution is 0.0202. The standard InChI is InChI=1S/C18H24N4O3/c1-14-17(4-9-25-14)18(23)21-13-16-2-5-19-22(16)6-3-15(21)12-20-7-10-24-11-8-20/h2,4-5,9,15H,3,6-8,10-13H2,1H3. The summed E-state index contributed by atoms with van der Waals surface area (Å²) in [6.45, 7) is 7.51. The quantitative estimate of drug-likeness (QED) is 0.845. The van der Waals surface area contributed by atoms with Gasteiger partial charge >= 0.3 is 0 Å². The van der Waals surface area contributed by atoms with Gasteiger partial charge in [0.2, 0.25) is 0 Å². The van der Waals surface area contributed by atoms with Crippen LogP contribution in [0.1, 0.15) is 28.2 Å². The number of rotatable bonds is 3. The first-order valence-corrected chi connectivity index (χ1v) is 8.88. The molecule has 7 heteroatoms. The molecule has 2 aliphatic rings. The van der Waals surface area contributed by atoms with Crippen LogP contribution < -0.4 is 0 Å². The van der Waals surface area contributed by atoms with E-state index >= 15 is 0 Å². The molecule has 2 aliphatic heterocycles. The molecule has 25 heavy (non-hydrogen) atoms. The van der Waals surface area contributed by atoms with E-state index in [1.807, 2.05) is 28.8 Å². The zero-order valence-electron chi connectivity index (χ0n) is 14.6. The van der Waals surface area contributed by atoms with Gasteiger partial charge in [0.05, 0.1) is 37.3 Å². The molecule has 1 unspecified atom stereocenters. The summed E-state index contributed by atoms with van der Waals surface area (Å²) in [7, 11) is 0. The second-order valence-electron chi connectivity index (χ2n) is 6.72. The van der Waals surface area contributed by atoms with Crippen molar-refractivity contribution in [3.05, 3.63) is 41.6 Å². The maximum Gasteiger partial charge on any atom is 0.258 e. The third-order valence-electron chi connectivity index (χ3n) is 5.17. The van der Waals surface area contributed by atoms with Crippen molar-refractivity contribution in [3.63, 3.8) is 0 Å². The van der Waals surface area contributed by atoms with Gasteiger partial charge in [0, 0.05) is 38.4 Å². The normalized spacial score (nSPS) is 21.8. The van der Waals surface area contributed by atoms with E-state index in [1.165, 1.54) is 0 Å². The maximum atomic E-state index is 13.2. The summed E-state index contributed by atoms with van der Waals surface area (Å²) in [6, 6.07) is 3.92. The minimum atomic E-state index is 0.0409. The van der Waals surface area contributed by atoms with Gasteiger partial charge in [-0.05, 0) is 25.5 Å². The summed E-state index contributed by atoms with van der Waals surface area (Å²) >= 11 is 0. The number of aromatic nitrogens is 2. The number of fused-ring (bicyclic) bond motifs is 1. The number of hydrogen-bond acceptors (Lipinski definition) is 5. The SMILES string of the molecule is Cc1occc1C(=O)N1Cc2ccnn2CCC1CN1CCOCC1. The number of amides is 1. The molecule has 134 valence electrons. The van der Waals surface area contributed by atoms with Crippen molar-refractivity contribution in [1.82, 2.24) is 19.6 Å². The summed E-state index contributed by atoms with van der Waals surface area (Å²) < 4.78 is 12.8. The molecular formula is C18H24N4O3. The van der Waals surface area contributed by atoms with Gasteiger partial charge in [-0.2, -0.15) is 5.10 Å². The lowest BCUT2D eigenvalue weighted by Gasteiger charge is -2.35. The van der Waals surface area contributed by atoms with Crippen LogP contribution in [0.3, 0.4) is 0 Å². The van der Waals surface area contributed by atoms with Gasteiger partial charge in [-0.1, -0.05) is 0 Å². The highest BCUT2D eigenvalue weighted by atomic mass is 16.5. The number of furan rings is 1. The second kappa shape index (κ2) is 7.01. The second-order valence-corrected chi connectivity index (χ2v) is 6.72. The van der Waals surface area contributed by atoms with E-state index in [9.17, 15) is 4.79 Å². The Morgan fingerprint density at radius 1 is 1.28 bits per heavy atom. The number of hydrogen-bond donors (Lipinski definition) is 0. The highest BCUT2D eigenvalue weighted by Crippen LogP contribution is 2.22. The average Bonchev–Trinajstić information content (AvgIpc) is 3.22. The molecule has 2 aromatic rings. The Hall–Kier alpha value is -2.12. The maximum absolute atomic E-state index is 13.2. The van der Waals surface area contributed by atoms with E-state index in [1.54, 1.807) is 12.3 Å². The van der Waals surface area contributed by atoms with Gasteiger partial charge < -0.3 is 14.1 Å². The van der Waals surface area contributed by atoms with Gasteiger partial charge in [0.1, 0.15) is 5.76 Å². The minimum Gasteiger partial charge on any atom is -0.469 e. The fraction of sp³-hybridized carbons (Fsp3) is 0.556. The molecular weight excluding hydrogens is 320 g/mol. The molecule has 0 spiro atoms. The number of morpholine rings is 1. The van der Waals surface area contributed by atoms with Crippen molar-refractivity contribution in [1.29, 1.82) is 0 Å². The van der Waals surface area contributed by atoms with Crippen molar-refractivity contribution in [2.45, 2.75) is 32.5 Å². The van der Waals surface area contributed by atoms with E-state index < -0.39 is 0 Å². The molecule has 0 aliphatic carbocycles. The fourth-order valence-electron chi connectivity index (χ4n) is 3.70. The van der Waals surface area contributed by atoms with Crippen molar-refractivity contribution in [3.8, 4) is 0 Å². The number of nitrogens with zero attached hydrogens (tertiary/aromatic N) is 4. The number of aryl methyl sites for hydroxylation is 2. The Bertz CT molecular complexity index is 732. The van der Waals surface area contributed by atoms with Crippen LogP contribution in [0.4, 0.5) is 0 Å². The molecule has 7 nitrogen and oxygen atoms in total. The van der Waals surface area contributed by atoms with Crippen LogP contribution in [0, 0.1) is 6.92 Å². The molecule has 0 saturated carbocycles. The Kier molecular flexibility index (Phi) is 4.59. The predicted octanol–water partition coefficient (Wildman–Crippen LogP) is 1.53. The molecule has 1 amide bonds. The topological polar surface area (TPSA) is 63.7 Å². The molecule has 0 radical (unpaired) electrons. The molecule has 2 aromatic heterocycles. The first kappa shape index (κ1) is 16.4. The van der Waals surface area contributed by atoms with E-state index in [0.29, 0.717) is 17.9 Å². The van der Waals surface area contributed by atoms with Gasteiger partial charge in [0.15, 0.2) is 0 Å². The van der Waals surface area contributed by atoms with Gasteiger partial charge in [-0.25, -0.2) is 0 Å². The summed E-state index contributed by atoms with van der Waals surface area (Å²) in [4.78, 5) is 17.6. The van der Waals surface area contributed by atoms with E-state index in [2.05, 4.69) is 10.00 Å². The van der Waals surface area contributed by atoms with Crippen LogP contribution in [0.25, 0.3) is 0 Å². The van der Waals surface area contributed by atoms with Crippen molar-refractivity contribution in [2.24, 2.45) is 0 Å². The van der Waals surface area contributed by atoms with Crippen molar-refractivity contribution in [2.75, 3.05) is 32.8 Å². The number of carbonyl (C=O) groups is 1. The number of ether oxygens (including phenoxy) is 1. The molecule has 1 atom stereocenters. The third-order valence-corrected chi connectivity index (χ3v) is 5.17. The van der Waals surface area contributed by atoms with Crippen molar-refractivity contribution >= 4 is 5.91 Å². The van der Waals surface area contributed by atoms with E-state index in [4.69, 9.17) is 9.15 Å². The van der Waals surface area contributed by atoms with Gasteiger partial charge in [-0.15, -0.1) is 0 Å². The molecule has 0 bridgehead atoms. The largest absolute Gasteiger partial charge is 0.469 e. The molecule has 0 aromatic carbocycles. The Morgan fingerprint density at radius 3 is 2.88 bits per heavy atom. The molecule has 1 saturated heterocycles. The Labute approximate surface area is 147 Å². The van der Waals surface area contributed by atoms with Gasteiger partial charge in [-0.3, -0.25) is 14.4 Å². The van der Waals surface area contributed by atoms with Crippen LogP contribution in [-0.2, 0) is 17.8 Å². The summed E-state index contributed by atoms with van der Waals surface area (Å²) in [5.41, 5.74) is 1.74. The van der Waals surface area contributed by atoms with Crippen LogP contribution in [0.15, 0.2) is 29.0 Å². The zero-order chi connectivity index (χ0) is 17.2. The monoisotopic (exact) mass is 344 g/mol. The molecule has 4 heterocycles. The molecule has 0 N–H and O–H groups in total. The first-order valence-electron chi connectivity index (χ1n) is 8.88. The Morgan fingerprint density at radius 2 is 2.12 bits per heavy atom. The van der Waals surface area contributed by atoms with Crippen LogP contribution in [0.5, 0.6) is 0 Å². The first-order chi connectivity index (χ1) is 12.2. The zero-order valence-corrected chi connectivity index (χ0v) is 14.6. The fourth-order valence-corrected chi connectivity index (χ4v) is 3.70. The van der Waals surface area contributed by atoms with Crippen molar-refractivity contribution < 1.29 is 13.9 Å². The minimum absolute atomic E-state index is 0.0409. The third kappa shape index (κ3) is 3.34. The Balaban J connectivity index is 1.59. The van der Waals surface area contributed by atoms with Crippen LogP contribution in [-0.4, -0.2) is 64.4 Å². The van der Waals surface area contributed by atoms with Crippen LogP contribution in [0.2, 0.25) is 0 Å². The highest BCUT2D eigenvalue weighted by molar-refractivity contribution is 5.95. The highest BCUT2D eigenvalue weighted by Gasteiger charge is 2.31. The molecule has 4 rings (SSSR count). The van der Waals surface area contributed by atoms with E-state index in [0.717, 1.165) is 51.5 Å². The lowest BCUT2D eigenvalue weighted by Crippen LogP contribution is -2.48. The summed E-state index contributed by atoms with van der Waals surface area (Å²) in [5, 5.41) is 4.40. The summed E-state index contributed by atoms with van der Waals surface area (Å²) in [5.74, 6) is 0.715. The average molecular weight is 344 g/mol. The predicted molar refractivity (Wildman–Crippen MR) is 91.2 cm³/mol. The molecule has 1 fully saturated rings. The summed E-state index contributed by atoms with van der Waals surface area (Å²) in [6.07, 6.45) is 4.29. The van der Waals surface area contributed by atoms with Crippen LogP contribution >= 0.6 is 0 Å². The van der Waals surface area contributed by atoms with Gasteiger partial charge in [0.25, 0.3) is 5.91 Å². The smallest absolute Gasteiger partial charge is 0.258 e. The lowest BCUT2D eigenvalue weighted by atomic mass is 10.1. The van der Waals surface area contributed by atoms with E-state index in [-0.39, 0.29) is 11.9 Å². The number of carbonyl (C=O) groups excluding carboxylic acids is 1.